The Morgan fingerprint density at radius 3 is 2.73 bits per heavy atom. The van der Waals surface area contributed by atoms with Crippen LogP contribution in [0.4, 0.5) is 5.82 Å². The zero-order valence-electron chi connectivity index (χ0n) is 7.55. The summed E-state index contributed by atoms with van der Waals surface area (Å²) in [6, 6.07) is 5.29. The summed E-state index contributed by atoms with van der Waals surface area (Å²) < 4.78 is 1.38. The van der Waals surface area contributed by atoms with Gasteiger partial charge in [0.2, 0.25) is 0 Å². The van der Waals surface area contributed by atoms with Crippen molar-refractivity contribution in [1.82, 2.24) is 14.8 Å². The summed E-state index contributed by atoms with van der Waals surface area (Å²) in [5.41, 5.74) is 6.01. The highest BCUT2D eigenvalue weighted by Gasteiger charge is 2.08. The molecule has 0 aliphatic carbocycles. The standard InChI is InChI=1S/C9H6ClN5/c10-7-1-2-8(13-5-7)15-9(12)6(3-11)4-14-15/h1-2,4-5H,12H2. The van der Waals surface area contributed by atoms with Crippen molar-refractivity contribution in [2.75, 3.05) is 5.73 Å². The summed E-state index contributed by atoms with van der Waals surface area (Å²) in [7, 11) is 0. The normalized spacial score (nSPS) is 9.87. The van der Waals surface area contributed by atoms with Gasteiger partial charge in [-0.25, -0.2) is 4.98 Å². The molecule has 2 aromatic rings. The van der Waals surface area contributed by atoms with E-state index < -0.39 is 0 Å². The van der Waals surface area contributed by atoms with Gasteiger partial charge >= 0.3 is 0 Å². The predicted octanol–water partition coefficient (Wildman–Crippen LogP) is 1.37. The van der Waals surface area contributed by atoms with Crippen LogP contribution < -0.4 is 5.73 Å². The second-order valence-electron chi connectivity index (χ2n) is 2.80. The lowest BCUT2D eigenvalue weighted by Crippen LogP contribution is -2.04. The van der Waals surface area contributed by atoms with Gasteiger partial charge in [0.05, 0.1) is 11.2 Å². The minimum Gasteiger partial charge on any atom is -0.382 e. The molecule has 0 saturated carbocycles. The molecule has 0 radical (unpaired) electrons. The fourth-order valence-electron chi connectivity index (χ4n) is 1.12. The Bertz CT molecular complexity index is 522. The molecule has 74 valence electrons. The maximum atomic E-state index is 8.70. The van der Waals surface area contributed by atoms with Crippen LogP contribution in [0.2, 0.25) is 5.02 Å². The number of nitrogens with two attached hydrogens (primary N) is 1. The first-order chi connectivity index (χ1) is 7.22. The molecule has 0 fully saturated rings. The molecular weight excluding hydrogens is 214 g/mol. The largest absolute Gasteiger partial charge is 0.382 e. The Hall–Kier alpha value is -2.06. The highest BCUT2D eigenvalue weighted by Crippen LogP contribution is 2.15. The van der Waals surface area contributed by atoms with Crippen LogP contribution in [0.1, 0.15) is 5.56 Å². The molecule has 0 spiro atoms. The van der Waals surface area contributed by atoms with Crippen LogP contribution in [-0.4, -0.2) is 14.8 Å². The van der Waals surface area contributed by atoms with E-state index in [1.54, 1.807) is 12.1 Å². The average Bonchev–Trinajstić information content (AvgIpc) is 2.61. The summed E-state index contributed by atoms with van der Waals surface area (Å²) in [6.07, 6.45) is 2.88. The van der Waals surface area contributed by atoms with Crippen LogP contribution in [0, 0.1) is 11.3 Å². The number of rotatable bonds is 1. The van der Waals surface area contributed by atoms with Gasteiger partial charge in [0.1, 0.15) is 17.5 Å². The number of hydrogen-bond donors (Lipinski definition) is 1. The summed E-state index contributed by atoms with van der Waals surface area (Å²) in [4.78, 5) is 4.04. The maximum Gasteiger partial charge on any atom is 0.155 e. The van der Waals surface area contributed by atoms with Gasteiger partial charge < -0.3 is 5.73 Å². The Labute approximate surface area is 90.7 Å². The van der Waals surface area contributed by atoms with E-state index in [0.29, 0.717) is 16.4 Å². The quantitative estimate of drug-likeness (QED) is 0.786. The number of nitrogens with zero attached hydrogens (tertiary/aromatic N) is 4. The second-order valence-corrected chi connectivity index (χ2v) is 3.24. The van der Waals surface area contributed by atoms with Gasteiger partial charge in [0.15, 0.2) is 5.82 Å². The molecule has 2 rings (SSSR count). The van der Waals surface area contributed by atoms with Crippen LogP contribution in [0.25, 0.3) is 5.82 Å². The zero-order chi connectivity index (χ0) is 10.8. The third-order valence-electron chi connectivity index (χ3n) is 1.86. The molecule has 15 heavy (non-hydrogen) atoms. The van der Waals surface area contributed by atoms with Crippen molar-refractivity contribution >= 4 is 17.4 Å². The molecule has 0 aliphatic heterocycles. The SMILES string of the molecule is N#Cc1cnn(-c2ccc(Cl)cn2)c1N. The van der Waals surface area contributed by atoms with E-state index in [-0.39, 0.29) is 5.82 Å². The van der Waals surface area contributed by atoms with Crippen molar-refractivity contribution < 1.29 is 0 Å². The number of anilines is 1. The van der Waals surface area contributed by atoms with Gasteiger partial charge in [-0.05, 0) is 12.1 Å². The third kappa shape index (κ3) is 1.63. The fourth-order valence-corrected chi connectivity index (χ4v) is 1.23. The summed E-state index contributed by atoms with van der Waals surface area (Å²) >= 11 is 5.70. The molecule has 2 N–H and O–H groups in total. The maximum absolute atomic E-state index is 8.70. The molecule has 0 atom stereocenters. The van der Waals surface area contributed by atoms with Crippen LogP contribution in [0.15, 0.2) is 24.5 Å². The van der Waals surface area contributed by atoms with Crippen molar-refractivity contribution in [3.8, 4) is 11.9 Å². The van der Waals surface area contributed by atoms with Crippen molar-refractivity contribution in [2.45, 2.75) is 0 Å². The van der Waals surface area contributed by atoms with Crippen molar-refractivity contribution in [3.63, 3.8) is 0 Å². The van der Waals surface area contributed by atoms with Crippen molar-refractivity contribution in [1.29, 1.82) is 5.26 Å². The topological polar surface area (TPSA) is 80.5 Å². The molecule has 0 aliphatic rings. The van der Waals surface area contributed by atoms with Gasteiger partial charge in [-0.3, -0.25) is 0 Å². The van der Waals surface area contributed by atoms with Gasteiger partial charge in [-0.1, -0.05) is 11.6 Å². The molecular formula is C9H6ClN5. The molecule has 0 amide bonds. The third-order valence-corrected chi connectivity index (χ3v) is 2.08. The van der Waals surface area contributed by atoms with E-state index in [9.17, 15) is 0 Å². The van der Waals surface area contributed by atoms with Gasteiger partial charge in [-0.2, -0.15) is 15.0 Å². The second kappa shape index (κ2) is 3.59. The number of hydrogen-bond acceptors (Lipinski definition) is 4. The number of aromatic nitrogens is 3. The molecule has 2 heterocycles. The molecule has 0 saturated heterocycles. The number of halogens is 1. The minimum absolute atomic E-state index is 0.271. The van der Waals surface area contributed by atoms with E-state index in [1.165, 1.54) is 17.1 Å². The molecule has 0 unspecified atom stereocenters. The zero-order valence-corrected chi connectivity index (χ0v) is 8.31. The highest BCUT2D eigenvalue weighted by atomic mass is 35.5. The Morgan fingerprint density at radius 1 is 1.40 bits per heavy atom. The summed E-state index contributed by atoms with van der Waals surface area (Å²) in [5, 5.41) is 13.2. The minimum atomic E-state index is 0.271. The van der Waals surface area contributed by atoms with E-state index in [0.717, 1.165) is 0 Å². The first-order valence-corrected chi connectivity index (χ1v) is 4.45. The fraction of sp³-hybridized carbons (Fsp3) is 0. The van der Waals surface area contributed by atoms with Crippen molar-refractivity contribution in [3.05, 3.63) is 35.1 Å². The lowest BCUT2D eigenvalue weighted by Gasteiger charge is -2.01. The summed E-state index contributed by atoms with van der Waals surface area (Å²) in [6.45, 7) is 0. The lowest BCUT2D eigenvalue weighted by molar-refractivity contribution is 0.857. The van der Waals surface area contributed by atoms with E-state index in [4.69, 9.17) is 22.6 Å². The van der Waals surface area contributed by atoms with E-state index >= 15 is 0 Å². The predicted molar refractivity (Wildman–Crippen MR) is 55.5 cm³/mol. The number of nitriles is 1. The molecule has 5 nitrogen and oxygen atoms in total. The number of nitrogen functional groups attached to an aromatic ring is 1. The highest BCUT2D eigenvalue weighted by molar-refractivity contribution is 6.30. The molecule has 2 aromatic heterocycles. The first kappa shape index (κ1) is 9.49. The van der Waals surface area contributed by atoms with Crippen LogP contribution in [0.3, 0.4) is 0 Å². The number of pyridine rings is 1. The summed E-state index contributed by atoms with van der Waals surface area (Å²) in [5.74, 6) is 0.797. The Morgan fingerprint density at radius 2 is 2.20 bits per heavy atom. The van der Waals surface area contributed by atoms with Crippen molar-refractivity contribution in [2.24, 2.45) is 0 Å². The first-order valence-electron chi connectivity index (χ1n) is 4.08. The molecule has 0 bridgehead atoms. The monoisotopic (exact) mass is 219 g/mol. The molecule has 0 aromatic carbocycles. The van der Waals surface area contributed by atoms with Gasteiger partial charge in [0, 0.05) is 6.20 Å². The van der Waals surface area contributed by atoms with Gasteiger partial charge in [0.25, 0.3) is 0 Å². The Kier molecular flexibility index (Phi) is 2.27. The smallest absolute Gasteiger partial charge is 0.155 e. The van der Waals surface area contributed by atoms with E-state index in [1.807, 2.05) is 6.07 Å². The Balaban J connectivity index is 2.51. The lowest BCUT2D eigenvalue weighted by atomic mass is 10.4. The van der Waals surface area contributed by atoms with Gasteiger partial charge in [-0.15, -0.1) is 0 Å². The average molecular weight is 220 g/mol. The van der Waals surface area contributed by atoms with Crippen LogP contribution in [0.5, 0.6) is 0 Å². The van der Waals surface area contributed by atoms with Crippen LogP contribution in [-0.2, 0) is 0 Å². The van der Waals surface area contributed by atoms with E-state index in [2.05, 4.69) is 10.1 Å². The molecule has 6 heteroatoms. The van der Waals surface area contributed by atoms with Crippen LogP contribution >= 0.6 is 11.6 Å².